The maximum absolute atomic E-state index is 11.4. The Bertz CT molecular complexity index is 392. The van der Waals surface area contributed by atoms with Crippen molar-refractivity contribution in [1.82, 2.24) is 4.90 Å². The standard InChI is InChI=1S/C15H21NO2.HI/c1-5-13(18-14(17)6-2)15(16(3)4)12-10-8-7-9-11-12;/h6-11,13,15H,2,5H2,1,3-4H3;1H. The lowest BCUT2D eigenvalue weighted by Crippen LogP contribution is -2.34. The Balaban J connectivity index is 0.00000324. The van der Waals surface area contributed by atoms with Gasteiger partial charge in [-0.25, -0.2) is 4.79 Å². The van der Waals surface area contributed by atoms with Gasteiger partial charge in [0.05, 0.1) is 6.04 Å². The third-order valence-corrected chi connectivity index (χ3v) is 2.89. The first-order chi connectivity index (χ1) is 8.60. The van der Waals surface area contributed by atoms with E-state index in [4.69, 9.17) is 4.74 Å². The molecular formula is C15H22INO2. The fourth-order valence-electron chi connectivity index (χ4n) is 2.06. The summed E-state index contributed by atoms with van der Waals surface area (Å²) in [4.78, 5) is 13.4. The lowest BCUT2D eigenvalue weighted by molar-refractivity contribution is -0.146. The Morgan fingerprint density at radius 3 is 2.37 bits per heavy atom. The highest BCUT2D eigenvalue weighted by molar-refractivity contribution is 14.0. The number of benzene rings is 1. The van der Waals surface area contributed by atoms with Gasteiger partial charge in [-0.05, 0) is 26.1 Å². The number of nitrogens with zero attached hydrogens (tertiary/aromatic N) is 1. The monoisotopic (exact) mass is 375 g/mol. The molecule has 0 aromatic heterocycles. The normalized spacial score (nSPS) is 13.3. The number of esters is 1. The highest BCUT2D eigenvalue weighted by Gasteiger charge is 2.26. The molecule has 2 atom stereocenters. The van der Waals surface area contributed by atoms with Crippen molar-refractivity contribution in [3.63, 3.8) is 0 Å². The van der Waals surface area contributed by atoms with E-state index >= 15 is 0 Å². The minimum absolute atomic E-state index is 0. The molecule has 0 spiro atoms. The molecule has 19 heavy (non-hydrogen) atoms. The summed E-state index contributed by atoms with van der Waals surface area (Å²) in [6.07, 6.45) is 1.80. The van der Waals surface area contributed by atoms with Gasteiger partial charge >= 0.3 is 5.97 Å². The van der Waals surface area contributed by atoms with Crippen LogP contribution in [-0.2, 0) is 9.53 Å². The third-order valence-electron chi connectivity index (χ3n) is 2.89. The van der Waals surface area contributed by atoms with Crippen LogP contribution in [0.1, 0.15) is 24.9 Å². The van der Waals surface area contributed by atoms with Gasteiger partial charge in [0.1, 0.15) is 6.10 Å². The summed E-state index contributed by atoms with van der Waals surface area (Å²) in [5.41, 5.74) is 1.14. The molecule has 1 rings (SSSR count). The zero-order valence-corrected chi connectivity index (χ0v) is 14.0. The number of hydrogen-bond acceptors (Lipinski definition) is 3. The molecule has 0 saturated carbocycles. The van der Waals surface area contributed by atoms with Crippen molar-refractivity contribution in [3.8, 4) is 0 Å². The zero-order valence-electron chi connectivity index (χ0n) is 11.7. The molecule has 3 nitrogen and oxygen atoms in total. The first kappa shape index (κ1) is 18.1. The van der Waals surface area contributed by atoms with Gasteiger partial charge in [0.2, 0.25) is 0 Å². The molecule has 0 aliphatic rings. The second kappa shape index (κ2) is 9.09. The second-order valence-corrected chi connectivity index (χ2v) is 4.41. The van der Waals surface area contributed by atoms with Crippen molar-refractivity contribution in [3.05, 3.63) is 48.6 Å². The Morgan fingerprint density at radius 1 is 1.37 bits per heavy atom. The molecule has 0 heterocycles. The summed E-state index contributed by atoms with van der Waals surface area (Å²) in [6, 6.07) is 10.1. The van der Waals surface area contributed by atoms with Crippen LogP contribution in [0.2, 0.25) is 0 Å². The highest BCUT2D eigenvalue weighted by atomic mass is 127. The summed E-state index contributed by atoms with van der Waals surface area (Å²) in [5, 5.41) is 0. The SMILES string of the molecule is C=CC(=O)OC(CC)C(c1ccccc1)N(C)C.I. The Morgan fingerprint density at radius 2 is 1.95 bits per heavy atom. The smallest absolute Gasteiger partial charge is 0.330 e. The van der Waals surface area contributed by atoms with E-state index in [-0.39, 0.29) is 42.1 Å². The van der Waals surface area contributed by atoms with Gasteiger partial charge in [0.25, 0.3) is 0 Å². The third kappa shape index (κ3) is 5.32. The fraction of sp³-hybridized carbons (Fsp3) is 0.400. The maximum atomic E-state index is 11.4. The summed E-state index contributed by atoms with van der Waals surface area (Å²) >= 11 is 0. The van der Waals surface area contributed by atoms with Crippen molar-refractivity contribution < 1.29 is 9.53 Å². The van der Waals surface area contributed by atoms with Crippen molar-refractivity contribution in [2.24, 2.45) is 0 Å². The van der Waals surface area contributed by atoms with E-state index in [1.54, 1.807) is 0 Å². The zero-order chi connectivity index (χ0) is 13.5. The summed E-state index contributed by atoms with van der Waals surface area (Å²) < 4.78 is 5.43. The van der Waals surface area contributed by atoms with Crippen molar-refractivity contribution in [2.75, 3.05) is 14.1 Å². The average molecular weight is 375 g/mol. The largest absolute Gasteiger partial charge is 0.457 e. The van der Waals surface area contributed by atoms with Crippen LogP contribution in [0.15, 0.2) is 43.0 Å². The molecule has 4 heteroatoms. The lowest BCUT2D eigenvalue weighted by Gasteiger charge is -2.31. The number of carbonyl (C=O) groups excluding carboxylic acids is 1. The van der Waals surface area contributed by atoms with Crippen LogP contribution in [0.3, 0.4) is 0 Å². The van der Waals surface area contributed by atoms with Crippen molar-refractivity contribution >= 4 is 29.9 Å². The molecule has 0 fully saturated rings. The summed E-state index contributed by atoms with van der Waals surface area (Å²) in [6.45, 7) is 5.45. The van der Waals surface area contributed by atoms with Gasteiger partial charge in [-0.15, -0.1) is 24.0 Å². The predicted octanol–water partition coefficient (Wildman–Crippen LogP) is 3.42. The molecule has 0 radical (unpaired) electrons. The van der Waals surface area contributed by atoms with Crippen LogP contribution in [0, 0.1) is 0 Å². The van der Waals surface area contributed by atoms with Crippen LogP contribution < -0.4 is 0 Å². The van der Waals surface area contributed by atoms with E-state index in [1.165, 1.54) is 6.08 Å². The minimum atomic E-state index is -0.371. The van der Waals surface area contributed by atoms with Crippen LogP contribution in [0.4, 0.5) is 0 Å². The number of rotatable bonds is 6. The van der Waals surface area contributed by atoms with Gasteiger partial charge < -0.3 is 4.74 Å². The van der Waals surface area contributed by atoms with Crippen molar-refractivity contribution in [2.45, 2.75) is 25.5 Å². The van der Waals surface area contributed by atoms with Crippen molar-refractivity contribution in [1.29, 1.82) is 0 Å². The van der Waals surface area contributed by atoms with Gasteiger partial charge in [0, 0.05) is 6.08 Å². The van der Waals surface area contributed by atoms with Gasteiger partial charge in [0.15, 0.2) is 0 Å². The van der Waals surface area contributed by atoms with E-state index in [1.807, 2.05) is 39.2 Å². The lowest BCUT2D eigenvalue weighted by atomic mass is 9.98. The molecule has 106 valence electrons. The van der Waals surface area contributed by atoms with Crippen LogP contribution in [-0.4, -0.2) is 31.1 Å². The van der Waals surface area contributed by atoms with E-state index in [2.05, 4.69) is 23.6 Å². The molecule has 0 amide bonds. The Hall–Kier alpha value is -0.880. The Labute approximate surface area is 132 Å². The molecule has 0 aliphatic carbocycles. The molecule has 1 aromatic carbocycles. The summed E-state index contributed by atoms with van der Waals surface area (Å²) in [5.74, 6) is -0.371. The van der Waals surface area contributed by atoms with Gasteiger partial charge in [-0.3, -0.25) is 4.90 Å². The van der Waals surface area contributed by atoms with Gasteiger partial charge in [-0.1, -0.05) is 43.8 Å². The maximum Gasteiger partial charge on any atom is 0.330 e. The molecule has 0 N–H and O–H groups in total. The van der Waals surface area contributed by atoms with E-state index < -0.39 is 0 Å². The highest BCUT2D eigenvalue weighted by Crippen LogP contribution is 2.26. The van der Waals surface area contributed by atoms with E-state index in [9.17, 15) is 4.79 Å². The topological polar surface area (TPSA) is 29.5 Å². The molecule has 1 aromatic rings. The molecular weight excluding hydrogens is 353 g/mol. The number of halogens is 1. The van der Waals surface area contributed by atoms with E-state index in [0.717, 1.165) is 12.0 Å². The van der Waals surface area contributed by atoms with Crippen LogP contribution in [0.5, 0.6) is 0 Å². The quantitative estimate of drug-likeness (QED) is 0.434. The summed E-state index contributed by atoms with van der Waals surface area (Å²) in [7, 11) is 3.98. The number of carbonyl (C=O) groups is 1. The van der Waals surface area contributed by atoms with E-state index in [0.29, 0.717) is 0 Å². The first-order valence-corrected chi connectivity index (χ1v) is 6.14. The fourth-order valence-corrected chi connectivity index (χ4v) is 2.06. The minimum Gasteiger partial charge on any atom is -0.457 e. The Kier molecular flexibility index (Phi) is 8.67. The average Bonchev–Trinajstić information content (AvgIpc) is 2.38. The molecule has 2 unspecified atom stereocenters. The second-order valence-electron chi connectivity index (χ2n) is 4.41. The number of ether oxygens (including phenoxy) is 1. The molecule has 0 bridgehead atoms. The number of hydrogen-bond donors (Lipinski definition) is 0. The van der Waals surface area contributed by atoms with Crippen LogP contribution in [0.25, 0.3) is 0 Å². The number of likely N-dealkylation sites (N-methyl/N-ethyl adjacent to an activating group) is 1. The predicted molar refractivity (Wildman–Crippen MR) is 88.7 cm³/mol. The van der Waals surface area contributed by atoms with Gasteiger partial charge in [-0.2, -0.15) is 0 Å². The molecule has 0 aliphatic heterocycles. The van der Waals surface area contributed by atoms with Crippen LogP contribution >= 0.6 is 24.0 Å². The first-order valence-electron chi connectivity index (χ1n) is 6.14. The molecule has 0 saturated heterocycles.